The first-order valence-corrected chi connectivity index (χ1v) is 4.58. The van der Waals surface area contributed by atoms with Gasteiger partial charge in [-0.2, -0.15) is 26.3 Å². The fraction of sp³-hybridized carbons (Fsp3) is 1.00. The molecule has 15 heavy (non-hydrogen) atoms. The average Bonchev–Trinajstić information content (AvgIpc) is 2.01. The summed E-state index contributed by atoms with van der Waals surface area (Å²) < 4.78 is 94.1. The van der Waals surface area contributed by atoms with Gasteiger partial charge in [-0.1, -0.05) is 4.89 Å². The van der Waals surface area contributed by atoms with Gasteiger partial charge in [0.2, 0.25) is 0 Å². The molecule has 0 radical (unpaired) electrons. The first-order chi connectivity index (χ1) is 6.31. The third kappa shape index (κ3) is 2.03. The van der Waals surface area contributed by atoms with Gasteiger partial charge in [0.15, 0.2) is 0 Å². The second-order valence-corrected chi connectivity index (χ2v) is 4.28. The maximum atomic E-state index is 12.4. The van der Waals surface area contributed by atoms with E-state index in [9.17, 15) is 34.8 Å². The molecule has 0 aliphatic heterocycles. The van der Waals surface area contributed by atoms with E-state index >= 15 is 0 Å². The van der Waals surface area contributed by atoms with E-state index in [-0.39, 0.29) is 4.89 Å². The highest BCUT2D eigenvalue weighted by Gasteiger charge is 2.75. The monoisotopic (exact) mass is 261 g/mol. The van der Waals surface area contributed by atoms with E-state index in [1.165, 1.54) is 0 Å². The molecule has 0 aliphatic carbocycles. The zero-order valence-corrected chi connectivity index (χ0v) is 7.76. The van der Waals surface area contributed by atoms with Gasteiger partial charge in [-0.3, -0.25) is 0 Å². The molecule has 0 heterocycles. The van der Waals surface area contributed by atoms with Crippen molar-refractivity contribution in [1.29, 1.82) is 0 Å². The summed E-state index contributed by atoms with van der Waals surface area (Å²) in [6, 6.07) is 0. The molecule has 11 heteroatoms. The quantitative estimate of drug-likeness (QED) is 0.590. The molecule has 2 N–H and O–H groups in total. The third-order valence-electron chi connectivity index (χ3n) is 1.37. The lowest BCUT2D eigenvalue weighted by Gasteiger charge is -2.29. The van der Waals surface area contributed by atoms with Gasteiger partial charge >= 0.3 is 27.1 Å². The SMILES string of the molecule is CC(F)(F)C(F)(F)C(F)(F)S(=O)(=O)NO. The van der Waals surface area contributed by atoms with Crippen LogP contribution < -0.4 is 4.89 Å². The Hall–Kier alpha value is -0.550. The largest absolute Gasteiger partial charge is 0.428 e. The smallest absolute Gasteiger partial charge is 0.302 e. The molecule has 92 valence electrons. The summed E-state index contributed by atoms with van der Waals surface area (Å²) >= 11 is 0. The first-order valence-electron chi connectivity index (χ1n) is 3.10. The molecule has 0 unspecified atom stereocenters. The van der Waals surface area contributed by atoms with Crippen LogP contribution >= 0.6 is 0 Å². The summed E-state index contributed by atoms with van der Waals surface area (Å²) in [5.74, 6) is -11.4. The second kappa shape index (κ2) is 3.49. The molecule has 0 aromatic rings. The molecular weight excluding hydrogens is 256 g/mol. The van der Waals surface area contributed by atoms with Crippen molar-refractivity contribution in [3.05, 3.63) is 0 Å². The molecule has 0 saturated carbocycles. The Morgan fingerprint density at radius 3 is 1.60 bits per heavy atom. The van der Waals surface area contributed by atoms with Crippen LogP contribution in [0.1, 0.15) is 6.92 Å². The molecule has 0 saturated heterocycles. The fourth-order valence-corrected chi connectivity index (χ4v) is 1.11. The topological polar surface area (TPSA) is 66.4 Å². The van der Waals surface area contributed by atoms with Gasteiger partial charge in [-0.05, 0) is 0 Å². The number of hydrogen-bond donors (Lipinski definition) is 2. The van der Waals surface area contributed by atoms with Crippen LogP contribution in [0.5, 0.6) is 0 Å². The third-order valence-corrected chi connectivity index (χ3v) is 2.55. The number of nitrogens with one attached hydrogen (secondary N) is 1. The maximum Gasteiger partial charge on any atom is 0.428 e. The zero-order chi connectivity index (χ0) is 12.7. The van der Waals surface area contributed by atoms with E-state index in [2.05, 4.69) is 0 Å². The van der Waals surface area contributed by atoms with Crippen molar-refractivity contribution in [3.63, 3.8) is 0 Å². The van der Waals surface area contributed by atoms with Gasteiger partial charge in [0.25, 0.3) is 0 Å². The van der Waals surface area contributed by atoms with Crippen molar-refractivity contribution >= 4 is 10.0 Å². The highest BCUT2D eigenvalue weighted by molar-refractivity contribution is 7.90. The normalized spacial score (nSPS) is 15.5. The van der Waals surface area contributed by atoms with Gasteiger partial charge in [-0.25, -0.2) is 8.42 Å². The molecule has 0 spiro atoms. The van der Waals surface area contributed by atoms with Crippen molar-refractivity contribution in [3.8, 4) is 0 Å². The number of halogens is 6. The van der Waals surface area contributed by atoms with Crippen molar-refractivity contribution in [2.24, 2.45) is 0 Å². The number of hydrogen-bond acceptors (Lipinski definition) is 3. The van der Waals surface area contributed by atoms with Crippen LogP contribution in [-0.2, 0) is 10.0 Å². The summed E-state index contributed by atoms with van der Waals surface area (Å²) in [5.41, 5.74) is 0. The molecule has 4 nitrogen and oxygen atoms in total. The van der Waals surface area contributed by atoms with Gasteiger partial charge in [0.05, 0.1) is 0 Å². The molecular formula is C4H5F6NO3S. The minimum absolute atomic E-state index is 0.131. The summed E-state index contributed by atoms with van der Waals surface area (Å²) in [7, 11) is -6.30. The van der Waals surface area contributed by atoms with Crippen molar-refractivity contribution in [2.75, 3.05) is 0 Å². The van der Waals surface area contributed by atoms with Crippen molar-refractivity contribution in [1.82, 2.24) is 4.89 Å². The average molecular weight is 261 g/mol. The van der Waals surface area contributed by atoms with Gasteiger partial charge in [0.1, 0.15) is 0 Å². The van der Waals surface area contributed by atoms with E-state index in [0.717, 1.165) is 0 Å². The van der Waals surface area contributed by atoms with Crippen LogP contribution in [-0.4, -0.2) is 30.7 Å². The molecule has 0 aliphatic rings. The van der Waals surface area contributed by atoms with Crippen LogP contribution in [0.3, 0.4) is 0 Å². The van der Waals surface area contributed by atoms with E-state index in [1.807, 2.05) is 0 Å². The Morgan fingerprint density at radius 2 is 1.40 bits per heavy atom. The summed E-state index contributed by atoms with van der Waals surface area (Å²) in [5, 5.41) is 1.52. The fourth-order valence-electron chi connectivity index (χ4n) is 0.482. The first kappa shape index (κ1) is 14.5. The van der Waals surface area contributed by atoms with E-state index in [0.29, 0.717) is 0 Å². The number of alkyl halides is 6. The Bertz CT molecular complexity index is 333. The minimum Gasteiger partial charge on any atom is -0.302 e. The lowest BCUT2D eigenvalue weighted by atomic mass is 10.2. The Balaban J connectivity index is 5.60. The van der Waals surface area contributed by atoms with Gasteiger partial charge < -0.3 is 5.21 Å². The van der Waals surface area contributed by atoms with Crippen LogP contribution in [0, 0.1) is 0 Å². The lowest BCUT2D eigenvalue weighted by molar-refractivity contribution is -0.272. The molecule has 0 amide bonds. The Labute approximate surface area is 79.9 Å². The molecule has 0 bridgehead atoms. The van der Waals surface area contributed by atoms with E-state index < -0.39 is 34.0 Å². The number of rotatable bonds is 4. The molecule has 0 aromatic carbocycles. The van der Waals surface area contributed by atoms with Gasteiger partial charge in [-0.15, -0.1) is 0 Å². The summed E-state index contributed by atoms with van der Waals surface area (Å²) in [4.78, 5) is -0.131. The highest BCUT2D eigenvalue weighted by atomic mass is 32.2. The second-order valence-electron chi connectivity index (χ2n) is 2.57. The summed E-state index contributed by atoms with van der Waals surface area (Å²) in [6.07, 6.45) is 0. The number of sulfonamides is 1. The summed E-state index contributed by atoms with van der Waals surface area (Å²) in [6.45, 7) is -0.576. The zero-order valence-electron chi connectivity index (χ0n) is 6.94. The lowest BCUT2D eigenvalue weighted by Crippen LogP contribution is -2.59. The van der Waals surface area contributed by atoms with Crippen molar-refractivity contribution in [2.45, 2.75) is 24.0 Å². The molecule has 0 aromatic heterocycles. The van der Waals surface area contributed by atoms with Crippen LogP contribution in [0.15, 0.2) is 0 Å². The van der Waals surface area contributed by atoms with Crippen LogP contribution in [0.25, 0.3) is 0 Å². The van der Waals surface area contributed by atoms with Crippen LogP contribution in [0.2, 0.25) is 0 Å². The minimum atomic E-state index is -6.30. The van der Waals surface area contributed by atoms with E-state index in [4.69, 9.17) is 5.21 Å². The molecule has 0 atom stereocenters. The predicted octanol–water partition coefficient (Wildman–Crippen LogP) is 1.18. The molecule has 0 rings (SSSR count). The Kier molecular flexibility index (Phi) is 3.36. The van der Waals surface area contributed by atoms with Gasteiger partial charge in [0, 0.05) is 6.92 Å². The maximum absolute atomic E-state index is 12.4. The highest BCUT2D eigenvalue weighted by Crippen LogP contribution is 2.47. The molecule has 0 fully saturated rings. The van der Waals surface area contributed by atoms with Crippen LogP contribution in [0.4, 0.5) is 26.3 Å². The Morgan fingerprint density at radius 1 is 1.07 bits per heavy atom. The predicted molar refractivity (Wildman–Crippen MR) is 34.4 cm³/mol. The van der Waals surface area contributed by atoms with Crippen molar-refractivity contribution < 1.29 is 40.0 Å². The standard InChI is InChI=1S/C4H5F6NO3S/c1-2(5,6)3(7,8)4(9,10)15(13,14)11-12/h11-12H,1H3. The van der Waals surface area contributed by atoms with E-state index in [1.54, 1.807) is 0 Å².